The minimum atomic E-state index is -0.615. The molecule has 3 atom stereocenters. The Balaban J connectivity index is 1.54. The molecule has 39 heavy (non-hydrogen) atoms. The molecule has 5 rings (SSSR count). The van der Waals surface area contributed by atoms with Gasteiger partial charge in [-0.2, -0.15) is 0 Å². The van der Waals surface area contributed by atoms with Crippen molar-refractivity contribution in [2.45, 2.75) is 45.1 Å². The summed E-state index contributed by atoms with van der Waals surface area (Å²) in [7, 11) is 0. The highest BCUT2D eigenvalue weighted by Gasteiger charge is 2.46. The molecule has 1 aliphatic heterocycles. The molecule has 6 nitrogen and oxygen atoms in total. The molecular weight excluding hydrogens is 514 g/mol. The van der Waals surface area contributed by atoms with Crippen LogP contribution in [0.3, 0.4) is 0 Å². The summed E-state index contributed by atoms with van der Waals surface area (Å²) < 4.78 is 11.4. The lowest BCUT2D eigenvalue weighted by Crippen LogP contribution is -2.41. The lowest BCUT2D eigenvalue weighted by atomic mass is 9.66. The van der Waals surface area contributed by atoms with E-state index in [1.54, 1.807) is 19.1 Å². The Labute approximate surface area is 232 Å². The number of phenolic OH excluding ortho intramolecular Hbond substituents is 1. The Morgan fingerprint density at radius 3 is 2.44 bits per heavy atom. The van der Waals surface area contributed by atoms with Crippen molar-refractivity contribution in [2.24, 2.45) is 10.9 Å². The minimum absolute atomic E-state index is 0.00280. The number of esters is 1. The van der Waals surface area contributed by atoms with Crippen LogP contribution in [0.5, 0.6) is 11.5 Å². The third-order valence-corrected chi connectivity index (χ3v) is 7.62. The summed E-state index contributed by atoms with van der Waals surface area (Å²) in [5.74, 6) is -1.45. The zero-order valence-corrected chi connectivity index (χ0v) is 22.6. The maximum Gasteiger partial charge on any atom is 0.336 e. The van der Waals surface area contributed by atoms with Gasteiger partial charge in [0.15, 0.2) is 11.5 Å². The fourth-order valence-electron chi connectivity index (χ4n) is 5.57. The molecule has 200 valence electrons. The number of hydrogen-bond acceptors (Lipinski definition) is 6. The summed E-state index contributed by atoms with van der Waals surface area (Å²) in [5, 5.41) is 11.0. The van der Waals surface area contributed by atoms with E-state index in [2.05, 4.69) is 0 Å². The second-order valence-electron chi connectivity index (χ2n) is 9.90. The highest BCUT2D eigenvalue weighted by atomic mass is 35.5. The van der Waals surface area contributed by atoms with Gasteiger partial charge in [0.2, 0.25) is 0 Å². The van der Waals surface area contributed by atoms with E-state index in [4.69, 9.17) is 26.1 Å². The Morgan fingerprint density at radius 1 is 1.00 bits per heavy atom. The number of ether oxygens (including phenoxy) is 2. The summed E-state index contributed by atoms with van der Waals surface area (Å²) in [5.41, 5.74) is 4.22. The molecule has 1 fully saturated rings. The summed E-state index contributed by atoms with van der Waals surface area (Å²) in [4.78, 5) is 32.2. The molecule has 0 radical (unpaired) electrons. The number of Topliss-reactive ketones (excluding diaryl/α,β-unsaturated/α-hetero) is 1. The zero-order valence-electron chi connectivity index (χ0n) is 21.9. The van der Waals surface area contributed by atoms with E-state index in [0.29, 0.717) is 47.1 Å². The molecule has 1 unspecified atom stereocenters. The van der Waals surface area contributed by atoms with Gasteiger partial charge in [-0.3, -0.25) is 9.79 Å². The molecule has 2 aliphatic rings. The number of benzene rings is 3. The van der Waals surface area contributed by atoms with E-state index >= 15 is 0 Å². The van der Waals surface area contributed by atoms with Gasteiger partial charge in [-0.15, -0.1) is 0 Å². The van der Waals surface area contributed by atoms with Gasteiger partial charge in [-0.05, 0) is 67.1 Å². The summed E-state index contributed by atoms with van der Waals surface area (Å²) in [6.45, 7) is 4.09. The van der Waals surface area contributed by atoms with Crippen LogP contribution in [0.25, 0.3) is 0 Å². The molecule has 1 aliphatic carbocycles. The standard InChI is InChI=1S/C32H30ClNO5/c1-3-38-28-17-22(11-14-26(28)35)30-29(32(37)39-18-20-7-5-4-6-8-20)19(2)34-25-15-23(16-27(36)31(25)30)21-9-12-24(33)13-10-21/h4-14,17,23,30-31,35H,3,15-16,18H2,1-2H3/t23-,30-,31?/m1/s1. The Morgan fingerprint density at radius 2 is 1.72 bits per heavy atom. The number of aliphatic imine (C=N–C) groups is 1. The minimum Gasteiger partial charge on any atom is -0.504 e. The van der Waals surface area contributed by atoms with Gasteiger partial charge in [0.1, 0.15) is 12.4 Å². The summed E-state index contributed by atoms with van der Waals surface area (Å²) in [6, 6.07) is 22.0. The van der Waals surface area contributed by atoms with Crippen LogP contribution in [0.2, 0.25) is 5.02 Å². The number of aromatic hydroxyl groups is 1. The van der Waals surface area contributed by atoms with Crippen LogP contribution in [-0.4, -0.2) is 29.2 Å². The maximum absolute atomic E-state index is 13.8. The normalized spacial score (nSPS) is 20.7. The number of phenols is 1. The van der Waals surface area contributed by atoms with Crippen molar-refractivity contribution in [3.63, 3.8) is 0 Å². The summed E-state index contributed by atoms with van der Waals surface area (Å²) in [6.07, 6.45) is 0.915. The number of carbonyl (C=O) groups is 2. The number of rotatable bonds is 7. The largest absolute Gasteiger partial charge is 0.504 e. The fraction of sp³-hybridized carbons (Fsp3) is 0.281. The molecule has 0 saturated heterocycles. The molecule has 3 aromatic carbocycles. The molecule has 1 N–H and O–H groups in total. The zero-order chi connectivity index (χ0) is 27.5. The summed E-state index contributed by atoms with van der Waals surface area (Å²) >= 11 is 6.08. The van der Waals surface area contributed by atoms with Crippen molar-refractivity contribution in [2.75, 3.05) is 6.61 Å². The van der Waals surface area contributed by atoms with Gasteiger partial charge in [-0.1, -0.05) is 60.1 Å². The topological polar surface area (TPSA) is 85.2 Å². The Kier molecular flexibility index (Phi) is 7.84. The van der Waals surface area contributed by atoms with Crippen molar-refractivity contribution in [3.8, 4) is 11.5 Å². The number of halogens is 1. The molecule has 1 heterocycles. The van der Waals surface area contributed by atoms with E-state index in [1.165, 1.54) is 6.07 Å². The first-order valence-corrected chi connectivity index (χ1v) is 13.5. The highest BCUT2D eigenvalue weighted by Crippen LogP contribution is 2.47. The van der Waals surface area contributed by atoms with E-state index in [1.807, 2.05) is 61.5 Å². The van der Waals surface area contributed by atoms with Crippen molar-refractivity contribution in [1.29, 1.82) is 0 Å². The molecule has 0 spiro atoms. The molecular formula is C32H30ClNO5. The first kappa shape index (κ1) is 26.7. The van der Waals surface area contributed by atoms with E-state index in [-0.39, 0.29) is 24.1 Å². The average molecular weight is 544 g/mol. The van der Waals surface area contributed by atoms with Crippen molar-refractivity contribution in [3.05, 3.63) is 106 Å². The Hall–Kier alpha value is -3.90. The predicted octanol–water partition coefficient (Wildman–Crippen LogP) is 6.76. The van der Waals surface area contributed by atoms with Gasteiger partial charge in [0.05, 0.1) is 18.1 Å². The van der Waals surface area contributed by atoms with Crippen LogP contribution in [0.1, 0.15) is 55.2 Å². The van der Waals surface area contributed by atoms with Gasteiger partial charge < -0.3 is 14.6 Å². The number of hydrogen-bond donors (Lipinski definition) is 1. The lowest BCUT2D eigenvalue weighted by molar-refractivity contribution is -0.140. The van der Waals surface area contributed by atoms with Crippen molar-refractivity contribution < 1.29 is 24.2 Å². The molecule has 0 aromatic heterocycles. The van der Waals surface area contributed by atoms with Gasteiger partial charge in [-0.25, -0.2) is 4.79 Å². The molecule has 3 aromatic rings. The van der Waals surface area contributed by atoms with Crippen LogP contribution in [0.15, 0.2) is 89.1 Å². The number of allylic oxidation sites excluding steroid dienone is 1. The van der Waals surface area contributed by atoms with Crippen LogP contribution in [0.4, 0.5) is 0 Å². The van der Waals surface area contributed by atoms with Crippen LogP contribution < -0.4 is 4.74 Å². The van der Waals surface area contributed by atoms with E-state index < -0.39 is 17.8 Å². The van der Waals surface area contributed by atoms with Gasteiger partial charge in [0, 0.05) is 28.8 Å². The fourth-order valence-corrected chi connectivity index (χ4v) is 5.69. The molecule has 7 heteroatoms. The first-order valence-electron chi connectivity index (χ1n) is 13.1. The lowest BCUT2D eigenvalue weighted by Gasteiger charge is -2.38. The van der Waals surface area contributed by atoms with E-state index in [0.717, 1.165) is 16.8 Å². The number of nitrogens with zero attached hydrogens (tertiary/aromatic N) is 1. The third-order valence-electron chi connectivity index (χ3n) is 7.37. The first-order chi connectivity index (χ1) is 18.9. The predicted molar refractivity (Wildman–Crippen MR) is 150 cm³/mol. The number of ketones is 1. The van der Waals surface area contributed by atoms with Crippen LogP contribution in [-0.2, 0) is 20.9 Å². The molecule has 0 bridgehead atoms. The average Bonchev–Trinajstić information content (AvgIpc) is 2.93. The second kappa shape index (κ2) is 11.5. The van der Waals surface area contributed by atoms with Crippen LogP contribution in [0, 0.1) is 5.92 Å². The molecule has 1 saturated carbocycles. The highest BCUT2D eigenvalue weighted by molar-refractivity contribution is 6.30. The number of fused-ring (bicyclic) bond motifs is 1. The second-order valence-corrected chi connectivity index (χ2v) is 10.3. The quantitative estimate of drug-likeness (QED) is 0.333. The smallest absolute Gasteiger partial charge is 0.336 e. The Bertz CT molecular complexity index is 1450. The van der Waals surface area contributed by atoms with Gasteiger partial charge >= 0.3 is 5.97 Å². The van der Waals surface area contributed by atoms with E-state index in [9.17, 15) is 14.7 Å². The molecule has 0 amide bonds. The SMILES string of the molecule is CCOc1cc([C@@H]2C(C(=O)OCc3ccccc3)=C(C)N=C3C[C@@H](c4ccc(Cl)cc4)CC(=O)C32)ccc1O. The van der Waals surface area contributed by atoms with Crippen molar-refractivity contribution in [1.82, 2.24) is 0 Å². The maximum atomic E-state index is 13.8. The van der Waals surface area contributed by atoms with Gasteiger partial charge in [0.25, 0.3) is 0 Å². The monoisotopic (exact) mass is 543 g/mol. The van der Waals surface area contributed by atoms with Crippen molar-refractivity contribution >= 4 is 29.1 Å². The van der Waals surface area contributed by atoms with Crippen LogP contribution >= 0.6 is 11.6 Å². The third kappa shape index (κ3) is 5.62. The number of carbonyl (C=O) groups excluding carboxylic acids is 2.